The van der Waals surface area contributed by atoms with Crippen molar-refractivity contribution < 1.29 is 19.1 Å². The lowest BCUT2D eigenvalue weighted by molar-refractivity contribution is -0.139. The zero-order valence-electron chi connectivity index (χ0n) is 8.92. The lowest BCUT2D eigenvalue weighted by Gasteiger charge is -1.96. The highest BCUT2D eigenvalue weighted by atomic mass is 16.5. The molecule has 1 heterocycles. The quantitative estimate of drug-likeness (QED) is 0.752. The van der Waals surface area contributed by atoms with Crippen molar-refractivity contribution in [2.45, 2.75) is 13.3 Å². The standard InChI is InChI=1S/C10H13NO4/c1-6-7(5-9(12)14-2)4-8(11-6)10(13)15-3/h4,11H,5H2,1-3H3. The summed E-state index contributed by atoms with van der Waals surface area (Å²) in [5.41, 5.74) is 1.84. The van der Waals surface area contributed by atoms with Crippen LogP contribution in [0.2, 0.25) is 0 Å². The van der Waals surface area contributed by atoms with E-state index in [1.807, 2.05) is 0 Å². The normalized spacial score (nSPS) is 9.80. The monoisotopic (exact) mass is 211 g/mol. The van der Waals surface area contributed by atoms with Crippen LogP contribution in [0.5, 0.6) is 0 Å². The molecule has 1 aromatic rings. The lowest BCUT2D eigenvalue weighted by atomic mass is 10.2. The number of carbonyl (C=O) groups excluding carboxylic acids is 2. The topological polar surface area (TPSA) is 68.4 Å². The predicted octanol–water partition coefficient (Wildman–Crippen LogP) is 0.825. The fraction of sp³-hybridized carbons (Fsp3) is 0.400. The van der Waals surface area contributed by atoms with Gasteiger partial charge in [-0.1, -0.05) is 0 Å². The number of nitrogens with one attached hydrogen (secondary N) is 1. The maximum atomic E-state index is 11.2. The molecule has 0 spiro atoms. The number of ether oxygens (including phenoxy) is 2. The van der Waals surface area contributed by atoms with Crippen molar-refractivity contribution in [3.05, 3.63) is 23.0 Å². The van der Waals surface area contributed by atoms with Gasteiger partial charge in [-0.15, -0.1) is 0 Å². The number of rotatable bonds is 3. The average molecular weight is 211 g/mol. The Morgan fingerprint density at radius 3 is 2.53 bits per heavy atom. The molecule has 0 saturated carbocycles. The van der Waals surface area contributed by atoms with Gasteiger partial charge in [-0.25, -0.2) is 4.79 Å². The Morgan fingerprint density at radius 1 is 1.33 bits per heavy atom. The second kappa shape index (κ2) is 4.63. The molecule has 0 fully saturated rings. The molecule has 0 aliphatic heterocycles. The van der Waals surface area contributed by atoms with Crippen LogP contribution in [-0.2, 0) is 20.7 Å². The Balaban J connectivity index is 2.86. The number of esters is 2. The van der Waals surface area contributed by atoms with Crippen molar-refractivity contribution in [2.75, 3.05) is 14.2 Å². The highest BCUT2D eigenvalue weighted by Crippen LogP contribution is 2.12. The first kappa shape index (κ1) is 11.3. The van der Waals surface area contributed by atoms with Crippen molar-refractivity contribution in [2.24, 2.45) is 0 Å². The van der Waals surface area contributed by atoms with E-state index >= 15 is 0 Å². The van der Waals surface area contributed by atoms with Crippen LogP contribution in [0.25, 0.3) is 0 Å². The van der Waals surface area contributed by atoms with Crippen LogP contribution in [0.3, 0.4) is 0 Å². The predicted molar refractivity (Wildman–Crippen MR) is 52.6 cm³/mol. The molecule has 82 valence electrons. The number of aromatic nitrogens is 1. The fourth-order valence-corrected chi connectivity index (χ4v) is 1.23. The lowest BCUT2D eigenvalue weighted by Crippen LogP contribution is -2.04. The van der Waals surface area contributed by atoms with Crippen LogP contribution in [0.4, 0.5) is 0 Å². The number of methoxy groups -OCH3 is 2. The van der Waals surface area contributed by atoms with Crippen molar-refractivity contribution >= 4 is 11.9 Å². The third kappa shape index (κ3) is 2.59. The molecule has 0 bridgehead atoms. The van der Waals surface area contributed by atoms with E-state index in [0.717, 1.165) is 11.3 Å². The van der Waals surface area contributed by atoms with Gasteiger partial charge in [-0.3, -0.25) is 4.79 Å². The van der Waals surface area contributed by atoms with Gasteiger partial charge >= 0.3 is 11.9 Å². The molecule has 1 N–H and O–H groups in total. The molecule has 15 heavy (non-hydrogen) atoms. The Labute approximate surface area is 87.4 Å². The molecule has 0 atom stereocenters. The van der Waals surface area contributed by atoms with Gasteiger partial charge in [-0.05, 0) is 18.6 Å². The highest BCUT2D eigenvalue weighted by molar-refractivity contribution is 5.88. The maximum absolute atomic E-state index is 11.2. The van der Waals surface area contributed by atoms with Crippen LogP contribution >= 0.6 is 0 Å². The third-order valence-electron chi connectivity index (χ3n) is 2.09. The van der Waals surface area contributed by atoms with Crippen LogP contribution in [0.15, 0.2) is 6.07 Å². The van der Waals surface area contributed by atoms with Gasteiger partial charge in [0.15, 0.2) is 0 Å². The molecule has 1 rings (SSSR count). The minimum atomic E-state index is -0.450. The van der Waals surface area contributed by atoms with Crippen LogP contribution in [-0.4, -0.2) is 31.1 Å². The van der Waals surface area contributed by atoms with Gasteiger partial charge in [0.1, 0.15) is 5.69 Å². The number of carbonyl (C=O) groups is 2. The molecule has 0 aliphatic rings. The first-order valence-electron chi connectivity index (χ1n) is 4.42. The second-order valence-electron chi connectivity index (χ2n) is 3.08. The summed E-state index contributed by atoms with van der Waals surface area (Å²) in [5.74, 6) is -0.789. The van der Waals surface area contributed by atoms with Crippen molar-refractivity contribution in [1.29, 1.82) is 0 Å². The zero-order valence-corrected chi connectivity index (χ0v) is 8.92. The fourth-order valence-electron chi connectivity index (χ4n) is 1.23. The Bertz CT molecular complexity index is 381. The zero-order chi connectivity index (χ0) is 11.4. The van der Waals surface area contributed by atoms with E-state index in [9.17, 15) is 9.59 Å². The Hall–Kier alpha value is -1.78. The Morgan fingerprint density at radius 2 is 2.00 bits per heavy atom. The average Bonchev–Trinajstić information content (AvgIpc) is 2.59. The molecule has 5 heteroatoms. The largest absolute Gasteiger partial charge is 0.469 e. The molecule has 1 aromatic heterocycles. The van der Waals surface area contributed by atoms with E-state index in [1.165, 1.54) is 14.2 Å². The molecule has 0 aliphatic carbocycles. The molecule has 0 saturated heterocycles. The number of hydrogen-bond acceptors (Lipinski definition) is 4. The SMILES string of the molecule is COC(=O)Cc1cc(C(=O)OC)[nH]c1C. The molecule has 0 unspecified atom stereocenters. The van der Waals surface area contributed by atoms with Gasteiger partial charge in [-0.2, -0.15) is 0 Å². The third-order valence-corrected chi connectivity index (χ3v) is 2.09. The molecule has 0 aromatic carbocycles. The molecular weight excluding hydrogens is 198 g/mol. The minimum absolute atomic E-state index is 0.149. The first-order valence-corrected chi connectivity index (χ1v) is 4.42. The molecule has 0 radical (unpaired) electrons. The maximum Gasteiger partial charge on any atom is 0.354 e. The number of hydrogen-bond donors (Lipinski definition) is 1. The van der Waals surface area contributed by atoms with E-state index in [-0.39, 0.29) is 12.4 Å². The molecule has 0 amide bonds. The van der Waals surface area contributed by atoms with Crippen LogP contribution in [0.1, 0.15) is 21.7 Å². The first-order chi connectivity index (χ1) is 7.08. The minimum Gasteiger partial charge on any atom is -0.469 e. The van der Waals surface area contributed by atoms with E-state index in [4.69, 9.17) is 0 Å². The molecular formula is C10H13NO4. The van der Waals surface area contributed by atoms with Crippen LogP contribution in [0, 0.1) is 6.92 Å². The summed E-state index contributed by atoms with van der Waals surface area (Å²) >= 11 is 0. The van der Waals surface area contributed by atoms with Crippen molar-refractivity contribution in [3.63, 3.8) is 0 Å². The van der Waals surface area contributed by atoms with Gasteiger partial charge in [0.25, 0.3) is 0 Å². The number of H-pyrrole nitrogens is 1. The molecule has 5 nitrogen and oxygen atoms in total. The summed E-state index contributed by atoms with van der Waals surface area (Å²) in [6.07, 6.45) is 0.149. The number of aromatic amines is 1. The summed E-state index contributed by atoms with van der Waals surface area (Å²) in [4.78, 5) is 25.0. The second-order valence-corrected chi connectivity index (χ2v) is 3.08. The Kier molecular flexibility index (Phi) is 3.49. The number of aryl methyl sites for hydroxylation is 1. The van der Waals surface area contributed by atoms with Gasteiger partial charge in [0, 0.05) is 5.69 Å². The van der Waals surface area contributed by atoms with E-state index in [0.29, 0.717) is 5.69 Å². The smallest absolute Gasteiger partial charge is 0.354 e. The van der Waals surface area contributed by atoms with Crippen molar-refractivity contribution in [1.82, 2.24) is 4.98 Å². The summed E-state index contributed by atoms with van der Waals surface area (Å²) in [5, 5.41) is 0. The van der Waals surface area contributed by atoms with Gasteiger partial charge in [0.2, 0.25) is 0 Å². The van der Waals surface area contributed by atoms with E-state index < -0.39 is 5.97 Å². The summed E-state index contributed by atoms with van der Waals surface area (Å²) < 4.78 is 9.09. The summed E-state index contributed by atoms with van der Waals surface area (Å²) in [7, 11) is 2.63. The van der Waals surface area contributed by atoms with Crippen LogP contribution < -0.4 is 0 Å². The highest BCUT2D eigenvalue weighted by Gasteiger charge is 2.13. The van der Waals surface area contributed by atoms with E-state index in [2.05, 4.69) is 14.5 Å². The summed E-state index contributed by atoms with van der Waals surface area (Å²) in [6.45, 7) is 1.78. The van der Waals surface area contributed by atoms with E-state index in [1.54, 1.807) is 13.0 Å². The van der Waals surface area contributed by atoms with Crippen molar-refractivity contribution in [3.8, 4) is 0 Å². The van der Waals surface area contributed by atoms with Gasteiger partial charge in [0.05, 0.1) is 20.6 Å². The summed E-state index contributed by atoms with van der Waals surface area (Å²) in [6, 6.07) is 1.60. The van der Waals surface area contributed by atoms with Gasteiger partial charge < -0.3 is 14.5 Å².